The van der Waals surface area contributed by atoms with E-state index in [0.29, 0.717) is 11.9 Å². The van der Waals surface area contributed by atoms with E-state index in [2.05, 4.69) is 25.2 Å². The van der Waals surface area contributed by atoms with Crippen LogP contribution in [0.1, 0.15) is 26.7 Å². The van der Waals surface area contributed by atoms with Crippen molar-refractivity contribution >= 4 is 23.8 Å². The van der Waals surface area contributed by atoms with Crippen molar-refractivity contribution in [2.24, 2.45) is 5.92 Å². The van der Waals surface area contributed by atoms with E-state index in [1.54, 1.807) is 0 Å². The molecule has 0 aromatic carbocycles. The standard InChI is InChI=1S/C13H22N6O2/c1-8(2)9(10(20)21-3)15-12-16-11(14)17-13(18-12)19-6-4-5-7-19/h8-9H,4-7H2,1-3H3,(H3,14,15,16,17,18). The van der Waals surface area contributed by atoms with Gasteiger partial charge in [-0.05, 0) is 18.8 Å². The molecule has 0 bridgehead atoms. The quantitative estimate of drug-likeness (QED) is 0.763. The molecule has 21 heavy (non-hydrogen) atoms. The first-order valence-corrected chi connectivity index (χ1v) is 7.12. The Morgan fingerprint density at radius 3 is 2.52 bits per heavy atom. The maximum atomic E-state index is 11.8. The fraction of sp³-hybridized carbons (Fsp3) is 0.692. The Morgan fingerprint density at radius 2 is 1.95 bits per heavy atom. The topological polar surface area (TPSA) is 106 Å². The highest BCUT2D eigenvalue weighted by molar-refractivity contribution is 5.78. The number of methoxy groups -OCH3 is 1. The number of anilines is 3. The van der Waals surface area contributed by atoms with Gasteiger partial charge in [0.05, 0.1) is 7.11 Å². The van der Waals surface area contributed by atoms with E-state index in [1.165, 1.54) is 7.11 Å². The van der Waals surface area contributed by atoms with E-state index in [4.69, 9.17) is 10.5 Å². The Labute approximate surface area is 124 Å². The van der Waals surface area contributed by atoms with E-state index >= 15 is 0 Å². The van der Waals surface area contributed by atoms with Crippen LogP contribution in [0.5, 0.6) is 0 Å². The molecule has 1 atom stereocenters. The van der Waals surface area contributed by atoms with Gasteiger partial charge in [0.2, 0.25) is 17.8 Å². The summed E-state index contributed by atoms with van der Waals surface area (Å²) in [4.78, 5) is 26.4. The second-order valence-corrected chi connectivity index (χ2v) is 5.40. The number of hydrogen-bond acceptors (Lipinski definition) is 8. The zero-order valence-electron chi connectivity index (χ0n) is 12.7. The molecule has 0 aliphatic carbocycles. The average Bonchev–Trinajstić information content (AvgIpc) is 2.97. The van der Waals surface area contributed by atoms with Crippen molar-refractivity contribution in [2.45, 2.75) is 32.7 Å². The minimum absolute atomic E-state index is 0.0330. The number of nitrogens with two attached hydrogens (primary N) is 1. The lowest BCUT2D eigenvalue weighted by Crippen LogP contribution is -2.36. The number of nitrogens with zero attached hydrogens (tertiary/aromatic N) is 4. The van der Waals surface area contributed by atoms with Crippen LogP contribution in [0, 0.1) is 5.92 Å². The SMILES string of the molecule is COC(=O)C(Nc1nc(N)nc(N2CCCC2)n1)C(C)C. The van der Waals surface area contributed by atoms with E-state index in [-0.39, 0.29) is 17.8 Å². The summed E-state index contributed by atoms with van der Waals surface area (Å²) in [5.41, 5.74) is 5.74. The van der Waals surface area contributed by atoms with E-state index < -0.39 is 6.04 Å². The number of carbonyl (C=O) groups is 1. The smallest absolute Gasteiger partial charge is 0.328 e. The summed E-state index contributed by atoms with van der Waals surface area (Å²) in [5, 5.41) is 2.99. The largest absolute Gasteiger partial charge is 0.467 e. The number of ether oxygens (including phenoxy) is 1. The number of nitrogen functional groups attached to an aromatic ring is 1. The van der Waals surface area contributed by atoms with Gasteiger partial charge < -0.3 is 20.7 Å². The molecule has 3 N–H and O–H groups in total. The number of esters is 1. The minimum Gasteiger partial charge on any atom is -0.467 e. The second kappa shape index (κ2) is 6.55. The van der Waals surface area contributed by atoms with Crippen molar-refractivity contribution < 1.29 is 9.53 Å². The molecule has 1 aliphatic rings. The lowest BCUT2D eigenvalue weighted by molar-refractivity contribution is -0.142. The first kappa shape index (κ1) is 15.3. The molecule has 2 heterocycles. The van der Waals surface area contributed by atoms with Crippen LogP contribution in [-0.2, 0) is 9.53 Å². The Morgan fingerprint density at radius 1 is 1.29 bits per heavy atom. The van der Waals surface area contributed by atoms with Gasteiger partial charge in [0.1, 0.15) is 6.04 Å². The summed E-state index contributed by atoms with van der Waals surface area (Å²) in [6.45, 7) is 5.65. The Kier molecular flexibility index (Phi) is 4.77. The van der Waals surface area contributed by atoms with Gasteiger partial charge in [0, 0.05) is 13.1 Å². The number of nitrogens with one attached hydrogen (secondary N) is 1. The summed E-state index contributed by atoms with van der Waals surface area (Å²) in [6, 6.07) is -0.525. The normalized spacial score (nSPS) is 16.1. The molecule has 0 radical (unpaired) electrons. The maximum absolute atomic E-state index is 11.8. The van der Waals surface area contributed by atoms with Crippen molar-refractivity contribution in [3.8, 4) is 0 Å². The summed E-state index contributed by atoms with van der Waals surface area (Å²) >= 11 is 0. The summed E-state index contributed by atoms with van der Waals surface area (Å²) < 4.78 is 4.79. The predicted molar refractivity (Wildman–Crippen MR) is 80.0 cm³/mol. The van der Waals surface area contributed by atoms with Gasteiger partial charge in [0.15, 0.2) is 0 Å². The van der Waals surface area contributed by atoms with Crippen LogP contribution in [0.25, 0.3) is 0 Å². The molecule has 2 rings (SSSR count). The molecule has 8 nitrogen and oxygen atoms in total. The maximum Gasteiger partial charge on any atom is 0.328 e. The van der Waals surface area contributed by atoms with Crippen LogP contribution in [0.3, 0.4) is 0 Å². The van der Waals surface area contributed by atoms with Crippen molar-refractivity contribution in [3.63, 3.8) is 0 Å². The van der Waals surface area contributed by atoms with Crippen LogP contribution < -0.4 is 16.0 Å². The highest BCUT2D eigenvalue weighted by Gasteiger charge is 2.25. The van der Waals surface area contributed by atoms with Gasteiger partial charge in [-0.25, -0.2) is 4.79 Å². The van der Waals surface area contributed by atoms with Gasteiger partial charge >= 0.3 is 5.97 Å². The lowest BCUT2D eigenvalue weighted by atomic mass is 10.1. The van der Waals surface area contributed by atoms with Crippen LogP contribution >= 0.6 is 0 Å². The van der Waals surface area contributed by atoms with Crippen molar-refractivity contribution in [3.05, 3.63) is 0 Å². The van der Waals surface area contributed by atoms with Crippen molar-refractivity contribution in [1.29, 1.82) is 0 Å². The Balaban J connectivity index is 2.20. The van der Waals surface area contributed by atoms with E-state index in [9.17, 15) is 4.79 Å². The molecule has 1 unspecified atom stereocenters. The monoisotopic (exact) mass is 294 g/mol. The first-order valence-electron chi connectivity index (χ1n) is 7.12. The first-order chi connectivity index (χ1) is 10.0. The molecule has 1 aliphatic heterocycles. The second-order valence-electron chi connectivity index (χ2n) is 5.40. The minimum atomic E-state index is -0.525. The Hall–Kier alpha value is -2.12. The molecule has 0 amide bonds. The fourth-order valence-corrected chi connectivity index (χ4v) is 2.27. The zero-order valence-corrected chi connectivity index (χ0v) is 12.7. The number of aromatic nitrogens is 3. The van der Waals surface area contributed by atoms with E-state index in [1.807, 2.05) is 13.8 Å². The van der Waals surface area contributed by atoms with Gasteiger partial charge in [0.25, 0.3) is 0 Å². The predicted octanol–water partition coefficient (Wildman–Crippen LogP) is 0.663. The van der Waals surface area contributed by atoms with Crippen LogP contribution in [-0.4, -0.2) is 47.2 Å². The van der Waals surface area contributed by atoms with Gasteiger partial charge in [-0.2, -0.15) is 15.0 Å². The average molecular weight is 294 g/mol. The third-order valence-electron chi connectivity index (χ3n) is 3.44. The molecule has 1 fully saturated rings. The molecule has 0 saturated carbocycles. The molecule has 1 saturated heterocycles. The molecule has 0 spiro atoms. The molecular weight excluding hydrogens is 272 g/mol. The summed E-state index contributed by atoms with van der Waals surface area (Å²) in [6.07, 6.45) is 2.23. The Bertz CT molecular complexity index is 501. The van der Waals surface area contributed by atoms with E-state index in [0.717, 1.165) is 25.9 Å². The summed E-state index contributed by atoms with van der Waals surface area (Å²) in [5.74, 6) is 0.669. The third-order valence-corrected chi connectivity index (χ3v) is 3.44. The lowest BCUT2D eigenvalue weighted by Gasteiger charge is -2.21. The molecule has 1 aromatic heterocycles. The highest BCUT2D eigenvalue weighted by atomic mass is 16.5. The van der Waals surface area contributed by atoms with Crippen LogP contribution in [0.15, 0.2) is 0 Å². The van der Waals surface area contributed by atoms with Gasteiger partial charge in [-0.15, -0.1) is 0 Å². The fourth-order valence-electron chi connectivity index (χ4n) is 2.27. The molecular formula is C13H22N6O2. The molecule has 8 heteroatoms. The number of hydrogen-bond donors (Lipinski definition) is 2. The highest BCUT2D eigenvalue weighted by Crippen LogP contribution is 2.19. The molecule has 1 aromatic rings. The zero-order chi connectivity index (χ0) is 15.4. The van der Waals surface area contributed by atoms with Crippen LogP contribution in [0.4, 0.5) is 17.8 Å². The van der Waals surface area contributed by atoms with Crippen LogP contribution in [0.2, 0.25) is 0 Å². The third kappa shape index (κ3) is 3.71. The number of carbonyl (C=O) groups excluding carboxylic acids is 1. The number of rotatable bonds is 5. The van der Waals surface area contributed by atoms with Crippen molar-refractivity contribution in [2.75, 3.05) is 36.1 Å². The summed E-state index contributed by atoms with van der Waals surface area (Å²) in [7, 11) is 1.36. The van der Waals surface area contributed by atoms with Crippen molar-refractivity contribution in [1.82, 2.24) is 15.0 Å². The van der Waals surface area contributed by atoms with Gasteiger partial charge in [-0.3, -0.25) is 0 Å². The van der Waals surface area contributed by atoms with Gasteiger partial charge in [-0.1, -0.05) is 13.8 Å². The molecule has 116 valence electrons.